The Kier molecular flexibility index (Phi) is 6.71. The van der Waals surface area contributed by atoms with Gasteiger partial charge in [0.1, 0.15) is 24.3 Å². The molecule has 0 bridgehead atoms. The van der Waals surface area contributed by atoms with Crippen LogP contribution in [-0.4, -0.2) is 56.5 Å². The summed E-state index contributed by atoms with van der Waals surface area (Å²) in [6.45, 7) is 2.71. The normalized spacial score (nSPS) is 17.6. The van der Waals surface area contributed by atoms with E-state index in [2.05, 4.69) is 9.88 Å². The molecule has 1 unspecified atom stereocenters. The highest BCUT2D eigenvalue weighted by Gasteiger charge is 2.23. The first-order chi connectivity index (χ1) is 13.1. The lowest BCUT2D eigenvalue weighted by Gasteiger charge is -2.33. The minimum Gasteiger partial charge on any atom is -0.493 e. The molecule has 1 aromatic heterocycles. The Balaban J connectivity index is 1.60. The molecule has 1 aromatic carbocycles. The van der Waals surface area contributed by atoms with Gasteiger partial charge in [-0.05, 0) is 6.07 Å². The first-order valence-electron chi connectivity index (χ1n) is 8.56. The SMILES string of the molecule is COc1cc(F)c(CN2CCOC(COc3cncc(Cl)c3)C2)cc1OC. The fourth-order valence-electron chi connectivity index (χ4n) is 2.94. The third kappa shape index (κ3) is 5.22. The molecule has 1 aliphatic heterocycles. The van der Waals surface area contributed by atoms with Crippen LogP contribution in [0.25, 0.3) is 0 Å². The van der Waals surface area contributed by atoms with E-state index in [4.69, 9.17) is 30.5 Å². The lowest BCUT2D eigenvalue weighted by atomic mass is 10.1. The standard InChI is InChI=1S/C19H22ClFN2O4/c1-24-18-5-13(17(21)7-19(18)25-2)10-23-3-4-26-16(11-23)12-27-15-6-14(20)8-22-9-15/h5-9,16H,3-4,10-12H2,1-2H3. The zero-order chi connectivity index (χ0) is 19.2. The Bertz CT molecular complexity index is 777. The van der Waals surface area contributed by atoms with Crippen LogP contribution in [0.3, 0.4) is 0 Å². The van der Waals surface area contributed by atoms with Gasteiger partial charge in [-0.2, -0.15) is 0 Å². The highest BCUT2D eigenvalue weighted by molar-refractivity contribution is 6.30. The Morgan fingerprint density at radius 2 is 2.00 bits per heavy atom. The molecule has 2 heterocycles. The third-order valence-electron chi connectivity index (χ3n) is 4.29. The first-order valence-corrected chi connectivity index (χ1v) is 8.94. The molecular formula is C19H22ClFN2O4. The van der Waals surface area contributed by atoms with Gasteiger partial charge in [0.25, 0.3) is 0 Å². The van der Waals surface area contributed by atoms with Crippen molar-refractivity contribution in [2.45, 2.75) is 12.6 Å². The molecule has 0 saturated carbocycles. The number of benzene rings is 1. The number of hydrogen-bond acceptors (Lipinski definition) is 6. The second kappa shape index (κ2) is 9.21. The molecule has 8 heteroatoms. The van der Waals surface area contributed by atoms with Gasteiger partial charge in [-0.1, -0.05) is 11.6 Å². The van der Waals surface area contributed by atoms with E-state index in [-0.39, 0.29) is 11.9 Å². The van der Waals surface area contributed by atoms with Crippen LogP contribution in [0.4, 0.5) is 4.39 Å². The maximum absolute atomic E-state index is 14.4. The van der Waals surface area contributed by atoms with Crippen molar-refractivity contribution in [1.29, 1.82) is 0 Å². The number of pyridine rings is 1. The molecule has 1 saturated heterocycles. The number of nitrogens with zero attached hydrogens (tertiary/aromatic N) is 2. The summed E-state index contributed by atoms with van der Waals surface area (Å²) in [4.78, 5) is 6.11. The minimum absolute atomic E-state index is 0.124. The number of methoxy groups -OCH3 is 2. The molecule has 0 spiro atoms. The molecule has 0 N–H and O–H groups in total. The van der Waals surface area contributed by atoms with Crippen molar-refractivity contribution in [2.24, 2.45) is 0 Å². The molecule has 0 amide bonds. The van der Waals surface area contributed by atoms with Gasteiger partial charge in [-0.15, -0.1) is 0 Å². The average molecular weight is 397 g/mol. The van der Waals surface area contributed by atoms with E-state index in [0.717, 1.165) is 0 Å². The van der Waals surface area contributed by atoms with Crippen LogP contribution in [0, 0.1) is 5.82 Å². The van der Waals surface area contributed by atoms with E-state index in [1.807, 2.05) is 0 Å². The van der Waals surface area contributed by atoms with Gasteiger partial charge < -0.3 is 18.9 Å². The summed E-state index contributed by atoms with van der Waals surface area (Å²) in [6.07, 6.45) is 3.03. The highest BCUT2D eigenvalue weighted by atomic mass is 35.5. The van der Waals surface area contributed by atoms with Crippen molar-refractivity contribution in [2.75, 3.05) is 40.5 Å². The fraction of sp³-hybridized carbons (Fsp3) is 0.421. The lowest BCUT2D eigenvalue weighted by Crippen LogP contribution is -2.44. The van der Waals surface area contributed by atoms with Gasteiger partial charge >= 0.3 is 0 Å². The van der Waals surface area contributed by atoms with E-state index in [9.17, 15) is 4.39 Å². The summed E-state index contributed by atoms with van der Waals surface area (Å²) in [5.41, 5.74) is 0.549. The second-order valence-corrected chi connectivity index (χ2v) is 6.61. The number of ether oxygens (including phenoxy) is 4. The Morgan fingerprint density at radius 3 is 2.74 bits per heavy atom. The molecule has 1 fully saturated rings. The van der Waals surface area contributed by atoms with Crippen molar-refractivity contribution in [3.8, 4) is 17.2 Å². The van der Waals surface area contributed by atoms with Crippen LogP contribution in [0.2, 0.25) is 5.02 Å². The average Bonchev–Trinajstić information content (AvgIpc) is 2.68. The first kappa shape index (κ1) is 19.7. The van der Waals surface area contributed by atoms with Crippen molar-refractivity contribution in [3.63, 3.8) is 0 Å². The summed E-state index contributed by atoms with van der Waals surface area (Å²) in [5, 5.41) is 0.516. The van der Waals surface area contributed by atoms with Gasteiger partial charge in [0, 0.05) is 43.5 Å². The minimum atomic E-state index is -0.322. The highest BCUT2D eigenvalue weighted by Crippen LogP contribution is 2.30. The number of morpholine rings is 1. The number of hydrogen-bond donors (Lipinski definition) is 0. The summed E-state index contributed by atoms with van der Waals surface area (Å²) < 4.78 is 36.2. The van der Waals surface area contributed by atoms with Crippen molar-refractivity contribution in [1.82, 2.24) is 9.88 Å². The summed E-state index contributed by atoms with van der Waals surface area (Å²) in [6, 6.07) is 4.72. The van der Waals surface area contributed by atoms with Gasteiger partial charge in [-0.3, -0.25) is 9.88 Å². The summed E-state index contributed by atoms with van der Waals surface area (Å²) in [7, 11) is 3.02. The molecule has 1 atom stereocenters. The van der Waals surface area contributed by atoms with Crippen LogP contribution in [0.15, 0.2) is 30.6 Å². The monoisotopic (exact) mass is 396 g/mol. The largest absolute Gasteiger partial charge is 0.493 e. The molecule has 0 radical (unpaired) electrons. The van der Waals surface area contributed by atoms with Gasteiger partial charge in [0.15, 0.2) is 11.5 Å². The second-order valence-electron chi connectivity index (χ2n) is 6.18. The van der Waals surface area contributed by atoms with Crippen molar-refractivity contribution >= 4 is 11.6 Å². The van der Waals surface area contributed by atoms with Crippen LogP contribution >= 0.6 is 11.6 Å². The molecule has 3 rings (SSSR count). The molecule has 0 aliphatic carbocycles. The number of aromatic nitrogens is 1. The van der Waals surface area contributed by atoms with Gasteiger partial charge in [0.2, 0.25) is 0 Å². The third-order valence-corrected chi connectivity index (χ3v) is 4.49. The van der Waals surface area contributed by atoms with Gasteiger partial charge in [0.05, 0.1) is 32.0 Å². The molecule has 1 aliphatic rings. The maximum Gasteiger partial charge on any atom is 0.163 e. The van der Waals surface area contributed by atoms with Gasteiger partial charge in [-0.25, -0.2) is 4.39 Å². The quantitative estimate of drug-likeness (QED) is 0.716. The predicted molar refractivity (Wildman–Crippen MR) is 99.3 cm³/mol. The van der Waals surface area contributed by atoms with Crippen LogP contribution in [-0.2, 0) is 11.3 Å². The zero-order valence-corrected chi connectivity index (χ0v) is 16.0. The van der Waals surface area contributed by atoms with Crippen LogP contribution in [0.5, 0.6) is 17.2 Å². The molecule has 146 valence electrons. The maximum atomic E-state index is 14.4. The molecule has 6 nitrogen and oxygen atoms in total. The van der Waals surface area contributed by atoms with Crippen LogP contribution < -0.4 is 14.2 Å². The molecule has 27 heavy (non-hydrogen) atoms. The molecular weight excluding hydrogens is 375 g/mol. The Hall–Kier alpha value is -2.09. The fourth-order valence-corrected chi connectivity index (χ4v) is 3.11. The summed E-state index contributed by atoms with van der Waals surface area (Å²) >= 11 is 5.90. The number of rotatable bonds is 7. The smallest absolute Gasteiger partial charge is 0.163 e. The molecule has 2 aromatic rings. The zero-order valence-electron chi connectivity index (χ0n) is 15.3. The van der Waals surface area contributed by atoms with E-state index in [0.29, 0.717) is 60.7 Å². The Morgan fingerprint density at radius 1 is 1.22 bits per heavy atom. The van der Waals surface area contributed by atoms with Crippen molar-refractivity contribution in [3.05, 3.63) is 47.0 Å². The number of halogens is 2. The van der Waals surface area contributed by atoms with E-state index in [1.165, 1.54) is 20.3 Å². The van der Waals surface area contributed by atoms with Crippen molar-refractivity contribution < 1.29 is 23.3 Å². The predicted octanol–water partition coefficient (Wildman–Crippen LogP) is 3.17. The summed E-state index contributed by atoms with van der Waals surface area (Å²) in [5.74, 6) is 1.16. The van der Waals surface area contributed by atoms with E-state index < -0.39 is 0 Å². The van der Waals surface area contributed by atoms with E-state index >= 15 is 0 Å². The Labute approximate surface area is 162 Å². The topological polar surface area (TPSA) is 53.1 Å². The lowest BCUT2D eigenvalue weighted by molar-refractivity contribution is -0.0507. The van der Waals surface area contributed by atoms with E-state index in [1.54, 1.807) is 24.5 Å². The van der Waals surface area contributed by atoms with Crippen LogP contribution in [0.1, 0.15) is 5.56 Å².